The third-order valence-electron chi connectivity index (χ3n) is 9.57. The van der Waals surface area contributed by atoms with Gasteiger partial charge in [0.1, 0.15) is 25.6 Å². The second-order valence-electron chi connectivity index (χ2n) is 14.9. The molecule has 17 nitrogen and oxygen atoms in total. The number of carboxylic acid groups (broad SMARTS) is 2. The van der Waals surface area contributed by atoms with Gasteiger partial charge in [-0.3, -0.25) is 14.4 Å². The summed E-state index contributed by atoms with van der Waals surface area (Å²) in [7, 11) is -4.00. The smallest absolute Gasteiger partial charge is 0.329 e. The molecule has 4 N–H and O–H groups in total. The third-order valence-corrected chi connectivity index (χ3v) is 10.9. The second-order valence-corrected chi connectivity index (χ2v) is 16.6. The highest BCUT2D eigenvalue weighted by Crippen LogP contribution is 2.19. The average Bonchev–Trinajstić information content (AvgIpc) is 3.26. The van der Waals surface area contributed by atoms with E-state index < -0.39 is 27.9 Å². The fourth-order valence-corrected chi connectivity index (χ4v) is 7.08. The Kier molecular flexibility index (Phi) is 26.4. The summed E-state index contributed by atoms with van der Waals surface area (Å²) in [6, 6.07) is 14.4. The number of aromatic nitrogens is 2. The molecule has 0 bridgehead atoms. The van der Waals surface area contributed by atoms with Crippen molar-refractivity contribution in [1.29, 1.82) is 0 Å². The minimum atomic E-state index is -4.00. The first kappa shape index (κ1) is 52.3. The van der Waals surface area contributed by atoms with Crippen LogP contribution in [0.1, 0.15) is 111 Å². The van der Waals surface area contributed by atoms with Crippen molar-refractivity contribution in [3.63, 3.8) is 0 Å². The standard InChI is InChI=1S/C45H64N4O13S/c50-39(14-12-25-58-27-30-61-35-43(53)54)34-60-29-28-59-26-24-46-44(55)38-31-47-45(48-32-38)49-63(56,57)41-22-18-37(19-23-41)33-62-40-20-16-36(17-21-40)13-10-8-6-4-2-1-3-5-7-9-11-15-42(51)52/h16-23,31-32H,1-15,24-30,33-35H2,(H,46,55)(H,51,52)(H,53,54)(H,47,48,49). The molecule has 348 valence electrons. The Hall–Kier alpha value is -5.01. The zero-order chi connectivity index (χ0) is 45.4. The Morgan fingerprint density at radius 3 is 1.75 bits per heavy atom. The highest BCUT2D eigenvalue weighted by atomic mass is 32.2. The van der Waals surface area contributed by atoms with E-state index in [1.165, 1.54) is 75.0 Å². The zero-order valence-electron chi connectivity index (χ0n) is 36.1. The van der Waals surface area contributed by atoms with Crippen LogP contribution in [0.4, 0.5) is 5.95 Å². The van der Waals surface area contributed by atoms with Gasteiger partial charge in [0.15, 0.2) is 5.78 Å². The number of nitrogens with zero attached hydrogens (tertiary/aromatic N) is 2. The van der Waals surface area contributed by atoms with E-state index in [0.29, 0.717) is 13.0 Å². The molecule has 0 aliphatic rings. The first-order valence-corrected chi connectivity index (χ1v) is 23.2. The lowest BCUT2D eigenvalue weighted by atomic mass is 10.0. The minimum Gasteiger partial charge on any atom is -0.489 e. The molecule has 0 saturated heterocycles. The number of aryl methyl sites for hydroxylation is 1. The first-order chi connectivity index (χ1) is 30.5. The molecule has 0 radical (unpaired) electrons. The summed E-state index contributed by atoms with van der Waals surface area (Å²) in [5, 5.41) is 19.8. The van der Waals surface area contributed by atoms with Gasteiger partial charge in [-0.05, 0) is 61.1 Å². The Morgan fingerprint density at radius 1 is 0.571 bits per heavy atom. The normalized spacial score (nSPS) is 11.3. The predicted octanol–water partition coefficient (Wildman–Crippen LogP) is 6.39. The van der Waals surface area contributed by atoms with Crippen molar-refractivity contribution >= 4 is 39.6 Å². The van der Waals surface area contributed by atoms with E-state index in [0.717, 1.165) is 43.4 Å². The number of sulfonamides is 1. The molecule has 0 saturated carbocycles. The van der Waals surface area contributed by atoms with Crippen LogP contribution in [0, 0.1) is 0 Å². The van der Waals surface area contributed by atoms with E-state index in [-0.39, 0.29) is 94.4 Å². The molecule has 0 aliphatic heterocycles. The monoisotopic (exact) mass is 900 g/mol. The van der Waals surface area contributed by atoms with Gasteiger partial charge >= 0.3 is 11.9 Å². The number of aliphatic carboxylic acids is 2. The number of benzene rings is 2. The number of hydrogen-bond acceptors (Lipinski definition) is 13. The molecule has 0 fully saturated rings. The molecule has 0 aliphatic carbocycles. The number of Topliss-reactive ketones (excluding diaryl/α,β-unsaturated/α-hetero) is 1. The molecule has 1 aromatic heterocycles. The van der Waals surface area contributed by atoms with E-state index in [2.05, 4.69) is 32.1 Å². The number of carbonyl (C=O) groups is 4. The second kappa shape index (κ2) is 31.8. The van der Waals surface area contributed by atoms with Gasteiger partial charge in [0, 0.05) is 38.4 Å². The van der Waals surface area contributed by atoms with E-state index >= 15 is 0 Å². The summed E-state index contributed by atoms with van der Waals surface area (Å²) < 4.78 is 55.1. The van der Waals surface area contributed by atoms with Crippen molar-refractivity contribution in [3.8, 4) is 5.75 Å². The van der Waals surface area contributed by atoms with Crippen LogP contribution < -0.4 is 14.8 Å². The first-order valence-electron chi connectivity index (χ1n) is 21.7. The molecule has 63 heavy (non-hydrogen) atoms. The van der Waals surface area contributed by atoms with E-state index in [9.17, 15) is 27.6 Å². The lowest BCUT2D eigenvalue weighted by Crippen LogP contribution is -2.28. The summed E-state index contributed by atoms with van der Waals surface area (Å²) in [6.07, 6.45) is 17.2. The van der Waals surface area contributed by atoms with Gasteiger partial charge in [-0.1, -0.05) is 82.1 Å². The van der Waals surface area contributed by atoms with E-state index in [1.807, 2.05) is 12.1 Å². The van der Waals surface area contributed by atoms with Gasteiger partial charge in [-0.15, -0.1) is 0 Å². The molecule has 0 atom stereocenters. The lowest BCUT2D eigenvalue weighted by molar-refractivity contribution is -0.143. The maximum Gasteiger partial charge on any atom is 0.329 e. The van der Waals surface area contributed by atoms with Gasteiger partial charge in [0.25, 0.3) is 15.9 Å². The lowest BCUT2D eigenvalue weighted by Gasteiger charge is -2.10. The Morgan fingerprint density at radius 2 is 1.13 bits per heavy atom. The van der Waals surface area contributed by atoms with Crippen LogP contribution in [0.3, 0.4) is 0 Å². The van der Waals surface area contributed by atoms with Crippen LogP contribution >= 0.6 is 0 Å². The summed E-state index contributed by atoms with van der Waals surface area (Å²) in [6.45, 7) is 1.40. The molecular weight excluding hydrogens is 837 g/mol. The fourth-order valence-electron chi connectivity index (χ4n) is 6.12. The maximum atomic E-state index is 13.0. The molecule has 0 unspecified atom stereocenters. The molecular formula is C45H64N4O13S. The van der Waals surface area contributed by atoms with Crippen molar-refractivity contribution in [2.75, 3.05) is 64.1 Å². The van der Waals surface area contributed by atoms with Crippen LogP contribution in [0.15, 0.2) is 65.8 Å². The SMILES string of the molecule is O=C(O)CCCCCCCCCCCCCc1ccc(OCc2ccc(S(=O)(=O)Nc3ncc(C(=O)NCCOCCOCC(=O)CCCOCCOCC(=O)O)cn3)cc2)cc1. The number of ether oxygens (including phenoxy) is 5. The summed E-state index contributed by atoms with van der Waals surface area (Å²) in [4.78, 5) is 53.2. The van der Waals surface area contributed by atoms with Crippen molar-refractivity contribution in [2.45, 2.75) is 108 Å². The van der Waals surface area contributed by atoms with Gasteiger partial charge in [0.05, 0.1) is 43.5 Å². The number of ketones is 1. The Labute approximate surface area is 370 Å². The van der Waals surface area contributed by atoms with Gasteiger partial charge < -0.3 is 39.2 Å². The van der Waals surface area contributed by atoms with Crippen LogP contribution in [-0.2, 0) is 56.4 Å². The van der Waals surface area contributed by atoms with E-state index in [4.69, 9.17) is 33.9 Å². The van der Waals surface area contributed by atoms with Crippen molar-refractivity contribution in [3.05, 3.63) is 77.6 Å². The van der Waals surface area contributed by atoms with Crippen molar-refractivity contribution in [2.24, 2.45) is 0 Å². The number of unbranched alkanes of at least 4 members (excludes halogenated alkanes) is 10. The molecule has 1 amide bonds. The number of rotatable bonds is 38. The molecule has 0 spiro atoms. The highest BCUT2D eigenvalue weighted by Gasteiger charge is 2.17. The molecule has 1 heterocycles. The largest absolute Gasteiger partial charge is 0.489 e. The summed E-state index contributed by atoms with van der Waals surface area (Å²) >= 11 is 0. The van der Waals surface area contributed by atoms with Gasteiger partial charge in [-0.2, -0.15) is 0 Å². The minimum absolute atomic E-state index is 0.0146. The number of nitrogens with one attached hydrogen (secondary N) is 2. The van der Waals surface area contributed by atoms with Gasteiger partial charge in [0.2, 0.25) is 5.95 Å². The molecule has 2 aromatic carbocycles. The van der Waals surface area contributed by atoms with Gasteiger partial charge in [-0.25, -0.2) is 27.9 Å². The zero-order valence-corrected chi connectivity index (χ0v) is 37.0. The van der Waals surface area contributed by atoms with Crippen molar-refractivity contribution < 1.29 is 61.5 Å². The predicted molar refractivity (Wildman–Crippen MR) is 234 cm³/mol. The van der Waals surface area contributed by atoms with E-state index in [1.54, 1.807) is 12.1 Å². The maximum absolute atomic E-state index is 13.0. The van der Waals surface area contributed by atoms with Crippen molar-refractivity contribution in [1.82, 2.24) is 15.3 Å². The van der Waals surface area contributed by atoms with Crippen LogP contribution in [0.5, 0.6) is 5.75 Å². The topological polar surface area (TPSA) is 239 Å². The van der Waals surface area contributed by atoms with Crippen LogP contribution in [0.2, 0.25) is 0 Å². The fraction of sp³-hybridized carbons (Fsp3) is 0.556. The molecule has 3 aromatic rings. The summed E-state index contributed by atoms with van der Waals surface area (Å²) in [5.41, 5.74) is 2.19. The average molecular weight is 901 g/mol. The summed E-state index contributed by atoms with van der Waals surface area (Å²) in [5.74, 6) is -1.76. The molecule has 18 heteroatoms. The quantitative estimate of drug-likeness (QED) is 0.0456. The Bertz CT molecular complexity index is 1860. The number of hydrogen-bond donors (Lipinski definition) is 4. The third kappa shape index (κ3) is 25.0. The number of amides is 1. The highest BCUT2D eigenvalue weighted by molar-refractivity contribution is 7.92. The van der Waals surface area contributed by atoms with Crippen LogP contribution in [0.25, 0.3) is 0 Å². The molecule has 3 rings (SSSR count). The number of carboxylic acids is 2. The number of carbonyl (C=O) groups excluding carboxylic acids is 2. The number of anilines is 1. The van der Waals surface area contributed by atoms with Crippen LogP contribution in [-0.4, -0.2) is 112 Å². The Balaban J connectivity index is 1.21.